The number of hydrogen-bond acceptors (Lipinski definition) is 3. The third kappa shape index (κ3) is 2.40. The Bertz CT molecular complexity index is 445. The number of likely N-dealkylation sites (N-methyl/N-ethyl adjacent to an activating group) is 1. The first-order chi connectivity index (χ1) is 9.23. The zero-order chi connectivity index (χ0) is 13.3. The van der Waals surface area contributed by atoms with E-state index in [2.05, 4.69) is 18.3 Å². The minimum Gasteiger partial charge on any atom is -0.319 e. The summed E-state index contributed by atoms with van der Waals surface area (Å²) in [6.07, 6.45) is 9.15. The van der Waals surface area contributed by atoms with E-state index in [9.17, 15) is 0 Å². The molecule has 0 atom stereocenters. The van der Waals surface area contributed by atoms with Crippen LogP contribution in [0.4, 0.5) is 0 Å². The predicted octanol–water partition coefficient (Wildman–Crippen LogP) is 3.08. The van der Waals surface area contributed by atoms with Gasteiger partial charge in [0.05, 0.1) is 0 Å². The molecule has 2 aliphatic carbocycles. The smallest absolute Gasteiger partial charge is 0.136 e. The van der Waals surface area contributed by atoms with E-state index in [1.54, 1.807) is 0 Å². The van der Waals surface area contributed by atoms with Crippen molar-refractivity contribution in [2.24, 2.45) is 0 Å². The lowest BCUT2D eigenvalue weighted by molar-refractivity contribution is 0.223. The van der Waals surface area contributed by atoms with Crippen LogP contribution in [-0.4, -0.2) is 23.6 Å². The molecule has 0 unspecified atom stereocenters. The molecule has 0 saturated heterocycles. The fraction of sp³-hybridized carbons (Fsp3) is 0.750. The Balaban J connectivity index is 1.92. The molecule has 0 bridgehead atoms. The molecular formula is C16H25N3. The number of hydrogen-bond donors (Lipinski definition) is 1. The maximum atomic E-state index is 4.98. The van der Waals surface area contributed by atoms with Crippen molar-refractivity contribution in [3.8, 4) is 0 Å². The van der Waals surface area contributed by atoms with Crippen LogP contribution in [0.25, 0.3) is 0 Å². The molecule has 0 spiro atoms. The molecule has 0 aromatic carbocycles. The summed E-state index contributed by atoms with van der Waals surface area (Å²) >= 11 is 0. The van der Waals surface area contributed by atoms with Gasteiger partial charge >= 0.3 is 0 Å². The summed E-state index contributed by atoms with van der Waals surface area (Å²) in [5.74, 6) is 1.79. The van der Waals surface area contributed by atoms with Crippen LogP contribution in [0.1, 0.15) is 68.1 Å². The second kappa shape index (κ2) is 5.20. The van der Waals surface area contributed by atoms with Gasteiger partial charge in [0.1, 0.15) is 5.82 Å². The summed E-state index contributed by atoms with van der Waals surface area (Å²) in [6, 6.07) is 2.21. The molecular weight excluding hydrogens is 234 g/mol. The number of aryl methyl sites for hydroxylation is 1. The van der Waals surface area contributed by atoms with Crippen LogP contribution in [0.15, 0.2) is 6.07 Å². The lowest BCUT2D eigenvalue weighted by atomic mass is 9.68. The maximum absolute atomic E-state index is 4.98. The molecule has 0 amide bonds. The van der Waals surface area contributed by atoms with Crippen LogP contribution >= 0.6 is 0 Å². The summed E-state index contributed by atoms with van der Waals surface area (Å²) in [7, 11) is 2.04. The first kappa shape index (κ1) is 13.0. The second-order valence-electron chi connectivity index (χ2n) is 6.40. The monoisotopic (exact) mass is 259 g/mol. The van der Waals surface area contributed by atoms with Crippen LogP contribution in [0, 0.1) is 6.92 Å². The third-order valence-corrected chi connectivity index (χ3v) is 4.95. The van der Waals surface area contributed by atoms with Crippen molar-refractivity contribution >= 4 is 0 Å². The highest BCUT2D eigenvalue weighted by Gasteiger charge is 2.41. The van der Waals surface area contributed by atoms with Gasteiger partial charge in [-0.1, -0.05) is 19.3 Å². The Morgan fingerprint density at radius 1 is 1.21 bits per heavy atom. The molecule has 3 nitrogen and oxygen atoms in total. The highest BCUT2D eigenvalue weighted by molar-refractivity contribution is 5.22. The normalized spacial score (nSPS) is 22.4. The number of rotatable bonds is 4. The van der Waals surface area contributed by atoms with Gasteiger partial charge in [-0.25, -0.2) is 9.97 Å². The van der Waals surface area contributed by atoms with Gasteiger partial charge in [-0.15, -0.1) is 0 Å². The van der Waals surface area contributed by atoms with Gasteiger partial charge in [-0.3, -0.25) is 0 Å². The lowest BCUT2D eigenvalue weighted by Gasteiger charge is -2.40. The maximum Gasteiger partial charge on any atom is 0.136 e. The summed E-state index contributed by atoms with van der Waals surface area (Å²) in [5.41, 5.74) is 2.67. The van der Waals surface area contributed by atoms with Gasteiger partial charge in [0, 0.05) is 29.3 Å². The number of nitrogens with one attached hydrogen (secondary N) is 1. The van der Waals surface area contributed by atoms with Gasteiger partial charge in [0.15, 0.2) is 0 Å². The molecule has 1 N–H and O–H groups in total. The Kier molecular flexibility index (Phi) is 3.57. The zero-order valence-corrected chi connectivity index (χ0v) is 12.2. The van der Waals surface area contributed by atoms with Crippen LogP contribution in [-0.2, 0) is 5.41 Å². The topological polar surface area (TPSA) is 37.8 Å². The van der Waals surface area contributed by atoms with E-state index in [1.165, 1.54) is 50.6 Å². The minimum atomic E-state index is 0.216. The van der Waals surface area contributed by atoms with Crippen molar-refractivity contribution < 1.29 is 0 Å². The SMILES string of the molecule is CNCC1(c2nc(C)cc(C3CCCC3)n2)CCC1. The second-order valence-corrected chi connectivity index (χ2v) is 6.40. The van der Waals surface area contributed by atoms with Crippen molar-refractivity contribution in [3.05, 3.63) is 23.3 Å². The molecule has 3 heteroatoms. The molecule has 1 aromatic rings. The number of nitrogens with zero attached hydrogens (tertiary/aromatic N) is 2. The lowest BCUT2D eigenvalue weighted by Crippen LogP contribution is -2.44. The minimum absolute atomic E-state index is 0.216. The highest BCUT2D eigenvalue weighted by atomic mass is 15.0. The van der Waals surface area contributed by atoms with Crippen LogP contribution in [0.3, 0.4) is 0 Å². The summed E-state index contributed by atoms with van der Waals surface area (Å²) in [6.45, 7) is 3.13. The average molecular weight is 259 g/mol. The molecule has 19 heavy (non-hydrogen) atoms. The number of aromatic nitrogens is 2. The van der Waals surface area contributed by atoms with E-state index in [-0.39, 0.29) is 5.41 Å². The fourth-order valence-electron chi connectivity index (χ4n) is 3.68. The van der Waals surface area contributed by atoms with Crippen LogP contribution in [0.2, 0.25) is 0 Å². The molecule has 2 aliphatic rings. The van der Waals surface area contributed by atoms with Crippen molar-refractivity contribution in [2.45, 2.75) is 63.2 Å². The van der Waals surface area contributed by atoms with Crippen molar-refractivity contribution in [3.63, 3.8) is 0 Å². The fourth-order valence-corrected chi connectivity index (χ4v) is 3.68. The van der Waals surface area contributed by atoms with Crippen LogP contribution in [0.5, 0.6) is 0 Å². The average Bonchev–Trinajstić information content (AvgIpc) is 2.86. The molecule has 1 heterocycles. The van der Waals surface area contributed by atoms with Crippen molar-refractivity contribution in [1.82, 2.24) is 15.3 Å². The van der Waals surface area contributed by atoms with Gasteiger partial charge in [0.2, 0.25) is 0 Å². The molecule has 2 saturated carbocycles. The van der Waals surface area contributed by atoms with Crippen molar-refractivity contribution in [1.29, 1.82) is 0 Å². The molecule has 3 rings (SSSR count). The molecule has 104 valence electrons. The standard InChI is InChI=1S/C16H25N3/c1-12-10-14(13-6-3-4-7-13)19-15(18-12)16(11-17-2)8-5-9-16/h10,13,17H,3-9,11H2,1-2H3. The van der Waals surface area contributed by atoms with Gasteiger partial charge < -0.3 is 5.32 Å². The van der Waals surface area contributed by atoms with Crippen LogP contribution < -0.4 is 5.32 Å². The molecule has 2 fully saturated rings. The first-order valence-electron chi connectivity index (χ1n) is 7.74. The highest BCUT2D eigenvalue weighted by Crippen LogP contribution is 2.42. The van der Waals surface area contributed by atoms with E-state index in [0.717, 1.165) is 18.1 Å². The predicted molar refractivity (Wildman–Crippen MR) is 77.4 cm³/mol. The molecule has 0 radical (unpaired) electrons. The van der Waals surface area contributed by atoms with Crippen molar-refractivity contribution in [2.75, 3.05) is 13.6 Å². The van der Waals surface area contributed by atoms with Gasteiger partial charge in [0.25, 0.3) is 0 Å². The third-order valence-electron chi connectivity index (χ3n) is 4.95. The Labute approximate surface area is 116 Å². The van der Waals surface area contributed by atoms with Gasteiger partial charge in [-0.05, 0) is 45.7 Å². The Morgan fingerprint density at radius 3 is 2.53 bits per heavy atom. The summed E-state index contributed by atoms with van der Waals surface area (Å²) in [4.78, 5) is 9.74. The largest absolute Gasteiger partial charge is 0.319 e. The molecule has 1 aromatic heterocycles. The first-order valence-corrected chi connectivity index (χ1v) is 7.74. The van der Waals surface area contributed by atoms with Gasteiger partial charge in [-0.2, -0.15) is 0 Å². The summed E-state index contributed by atoms with van der Waals surface area (Å²) in [5, 5.41) is 3.34. The summed E-state index contributed by atoms with van der Waals surface area (Å²) < 4.78 is 0. The quantitative estimate of drug-likeness (QED) is 0.903. The van der Waals surface area contributed by atoms with E-state index < -0.39 is 0 Å². The van der Waals surface area contributed by atoms with E-state index >= 15 is 0 Å². The van der Waals surface area contributed by atoms with E-state index in [1.807, 2.05) is 7.05 Å². The zero-order valence-electron chi connectivity index (χ0n) is 12.2. The van der Waals surface area contributed by atoms with E-state index in [0.29, 0.717) is 5.92 Å². The Morgan fingerprint density at radius 2 is 1.95 bits per heavy atom. The Hall–Kier alpha value is -0.960. The van der Waals surface area contributed by atoms with E-state index in [4.69, 9.17) is 9.97 Å². The molecule has 0 aliphatic heterocycles.